The fraction of sp³-hybridized carbons (Fsp3) is 0.118. The lowest BCUT2D eigenvalue weighted by molar-refractivity contribution is 0.742. The van der Waals surface area contributed by atoms with Gasteiger partial charge in [-0.2, -0.15) is 0 Å². The molecule has 0 N–H and O–H groups in total. The van der Waals surface area contributed by atoms with Gasteiger partial charge in [-0.25, -0.2) is 0 Å². The summed E-state index contributed by atoms with van der Waals surface area (Å²) in [5.41, 5.74) is 4.36. The second-order valence-electron chi connectivity index (χ2n) is 5.12. The maximum absolute atomic E-state index is 12.3. The van der Waals surface area contributed by atoms with Crippen molar-refractivity contribution in [2.24, 2.45) is 0 Å². The first-order chi connectivity index (χ1) is 9.74. The van der Waals surface area contributed by atoms with Crippen LogP contribution in [-0.2, 0) is 13.0 Å². The molecule has 0 radical (unpaired) electrons. The van der Waals surface area contributed by atoms with Gasteiger partial charge in [-0.05, 0) is 35.2 Å². The molecule has 0 spiro atoms. The van der Waals surface area contributed by atoms with E-state index in [1.165, 1.54) is 5.56 Å². The Hall–Kier alpha value is -2.06. The first kappa shape index (κ1) is 11.7. The van der Waals surface area contributed by atoms with Crippen molar-refractivity contribution in [3.63, 3.8) is 0 Å². The summed E-state index contributed by atoms with van der Waals surface area (Å²) in [6.45, 7) is 0.782. The van der Waals surface area contributed by atoms with Crippen LogP contribution in [0.15, 0.2) is 53.3 Å². The van der Waals surface area contributed by atoms with Crippen LogP contribution >= 0.6 is 11.6 Å². The molecule has 2 nitrogen and oxygen atoms in total. The Labute approximate surface area is 121 Å². The van der Waals surface area contributed by atoms with E-state index in [0.717, 1.165) is 35.0 Å². The Kier molecular flexibility index (Phi) is 2.48. The fourth-order valence-corrected chi connectivity index (χ4v) is 3.26. The average molecular weight is 282 g/mol. The van der Waals surface area contributed by atoms with Gasteiger partial charge in [0.1, 0.15) is 0 Å². The normalized spacial score (nSPS) is 13.1. The van der Waals surface area contributed by atoms with Gasteiger partial charge in [0.2, 0.25) is 0 Å². The van der Waals surface area contributed by atoms with Crippen LogP contribution in [0.3, 0.4) is 0 Å². The molecule has 1 aliphatic rings. The largest absolute Gasteiger partial charge is 0.308 e. The SMILES string of the molecule is O=c1cc(-c2cccc(Cl)c2)c2cccc3c2n1CC3. The topological polar surface area (TPSA) is 22.0 Å². The van der Waals surface area contributed by atoms with Gasteiger partial charge in [-0.15, -0.1) is 0 Å². The van der Waals surface area contributed by atoms with Crippen LogP contribution in [0, 0.1) is 0 Å². The standard InChI is InChI=1S/C17H12ClNO/c18-13-5-1-4-12(9-13)15-10-16(20)19-8-7-11-3-2-6-14(15)17(11)19/h1-6,9-10H,7-8H2. The maximum Gasteiger partial charge on any atom is 0.251 e. The first-order valence-corrected chi connectivity index (χ1v) is 7.03. The summed E-state index contributed by atoms with van der Waals surface area (Å²) >= 11 is 6.08. The average Bonchev–Trinajstić information content (AvgIpc) is 2.88. The monoisotopic (exact) mass is 281 g/mol. The van der Waals surface area contributed by atoms with Crippen molar-refractivity contribution in [2.75, 3.05) is 0 Å². The maximum atomic E-state index is 12.3. The number of benzene rings is 2. The van der Waals surface area contributed by atoms with Crippen LogP contribution in [0.2, 0.25) is 5.02 Å². The Morgan fingerprint density at radius 1 is 1.05 bits per heavy atom. The molecule has 0 amide bonds. The third-order valence-electron chi connectivity index (χ3n) is 3.95. The highest BCUT2D eigenvalue weighted by Gasteiger charge is 2.18. The van der Waals surface area contributed by atoms with Gasteiger partial charge in [-0.3, -0.25) is 4.79 Å². The van der Waals surface area contributed by atoms with E-state index in [2.05, 4.69) is 18.2 Å². The molecule has 2 heterocycles. The molecule has 3 aromatic rings. The number of para-hydroxylation sites is 1. The van der Waals surface area contributed by atoms with Crippen LogP contribution in [0.1, 0.15) is 5.56 Å². The Bertz CT molecular complexity index is 895. The molecule has 1 aromatic heterocycles. The molecule has 0 aliphatic carbocycles. The van der Waals surface area contributed by atoms with Gasteiger partial charge < -0.3 is 4.57 Å². The number of hydrogen-bond donors (Lipinski definition) is 0. The van der Waals surface area contributed by atoms with Crippen molar-refractivity contribution in [1.82, 2.24) is 4.57 Å². The zero-order chi connectivity index (χ0) is 13.7. The third-order valence-corrected chi connectivity index (χ3v) is 4.19. The Morgan fingerprint density at radius 3 is 2.75 bits per heavy atom. The number of aryl methyl sites for hydroxylation is 2. The summed E-state index contributed by atoms with van der Waals surface area (Å²) in [5, 5.41) is 1.81. The van der Waals surface area contributed by atoms with Crippen molar-refractivity contribution in [3.8, 4) is 11.1 Å². The number of pyridine rings is 1. The van der Waals surface area contributed by atoms with Crippen molar-refractivity contribution in [1.29, 1.82) is 0 Å². The third kappa shape index (κ3) is 1.61. The molecular weight excluding hydrogens is 270 g/mol. The zero-order valence-corrected chi connectivity index (χ0v) is 11.5. The summed E-state index contributed by atoms with van der Waals surface area (Å²) in [5.74, 6) is 0. The van der Waals surface area contributed by atoms with E-state index >= 15 is 0 Å². The van der Waals surface area contributed by atoms with Gasteiger partial charge >= 0.3 is 0 Å². The van der Waals surface area contributed by atoms with E-state index < -0.39 is 0 Å². The van der Waals surface area contributed by atoms with Crippen LogP contribution in [0.5, 0.6) is 0 Å². The van der Waals surface area contributed by atoms with Crippen molar-refractivity contribution in [3.05, 3.63) is 69.5 Å². The van der Waals surface area contributed by atoms with E-state index in [1.54, 1.807) is 6.07 Å². The van der Waals surface area contributed by atoms with Gasteiger partial charge in [0, 0.05) is 23.0 Å². The van der Waals surface area contributed by atoms with E-state index in [1.807, 2.05) is 28.8 Å². The predicted octanol–water partition coefficient (Wildman–Crippen LogP) is 3.88. The van der Waals surface area contributed by atoms with Crippen LogP contribution in [0.25, 0.3) is 22.0 Å². The highest BCUT2D eigenvalue weighted by molar-refractivity contribution is 6.30. The van der Waals surface area contributed by atoms with Gasteiger partial charge in [0.25, 0.3) is 5.56 Å². The number of halogens is 1. The molecule has 3 heteroatoms. The smallest absolute Gasteiger partial charge is 0.251 e. The zero-order valence-electron chi connectivity index (χ0n) is 10.8. The number of hydrogen-bond acceptors (Lipinski definition) is 1. The molecule has 0 unspecified atom stereocenters. The van der Waals surface area contributed by atoms with Crippen LogP contribution in [0.4, 0.5) is 0 Å². The molecule has 98 valence electrons. The highest BCUT2D eigenvalue weighted by atomic mass is 35.5. The molecule has 4 rings (SSSR count). The van der Waals surface area contributed by atoms with Crippen LogP contribution in [-0.4, -0.2) is 4.57 Å². The summed E-state index contributed by atoms with van der Waals surface area (Å²) < 4.78 is 1.87. The second kappa shape index (κ2) is 4.22. The van der Waals surface area contributed by atoms with E-state index in [4.69, 9.17) is 11.6 Å². The van der Waals surface area contributed by atoms with E-state index in [9.17, 15) is 4.79 Å². The lowest BCUT2D eigenvalue weighted by atomic mass is 9.99. The minimum absolute atomic E-state index is 0.0671. The molecular formula is C17H12ClNO. The molecule has 0 atom stereocenters. The molecule has 0 saturated heterocycles. The quantitative estimate of drug-likeness (QED) is 0.663. The number of nitrogens with zero attached hydrogens (tertiary/aromatic N) is 1. The van der Waals surface area contributed by atoms with Crippen molar-refractivity contribution < 1.29 is 0 Å². The molecule has 1 aliphatic heterocycles. The summed E-state index contributed by atoms with van der Waals surface area (Å²) in [6, 6.07) is 15.6. The number of aromatic nitrogens is 1. The number of rotatable bonds is 1. The minimum Gasteiger partial charge on any atom is -0.308 e. The second-order valence-corrected chi connectivity index (χ2v) is 5.56. The van der Waals surface area contributed by atoms with Crippen molar-refractivity contribution >= 4 is 22.5 Å². The van der Waals surface area contributed by atoms with Gasteiger partial charge in [0.05, 0.1) is 5.52 Å². The highest BCUT2D eigenvalue weighted by Crippen LogP contribution is 2.32. The lowest BCUT2D eigenvalue weighted by Gasteiger charge is -2.10. The predicted molar refractivity (Wildman–Crippen MR) is 82.4 cm³/mol. The molecule has 20 heavy (non-hydrogen) atoms. The van der Waals surface area contributed by atoms with Crippen LogP contribution < -0.4 is 5.56 Å². The Morgan fingerprint density at radius 2 is 1.90 bits per heavy atom. The Balaban J connectivity index is 2.14. The first-order valence-electron chi connectivity index (χ1n) is 6.65. The molecule has 0 fully saturated rings. The fourth-order valence-electron chi connectivity index (χ4n) is 3.07. The molecule has 0 saturated carbocycles. The lowest BCUT2D eigenvalue weighted by Crippen LogP contribution is -2.17. The van der Waals surface area contributed by atoms with Crippen molar-refractivity contribution in [2.45, 2.75) is 13.0 Å². The summed E-state index contributed by atoms with van der Waals surface area (Å²) in [4.78, 5) is 12.3. The molecule has 0 bridgehead atoms. The summed E-state index contributed by atoms with van der Waals surface area (Å²) in [7, 11) is 0. The van der Waals surface area contributed by atoms with Gasteiger partial charge in [0.15, 0.2) is 0 Å². The molecule has 2 aromatic carbocycles. The van der Waals surface area contributed by atoms with E-state index in [0.29, 0.717) is 5.02 Å². The van der Waals surface area contributed by atoms with E-state index in [-0.39, 0.29) is 5.56 Å². The van der Waals surface area contributed by atoms with Gasteiger partial charge in [-0.1, -0.05) is 41.9 Å². The minimum atomic E-state index is 0.0671. The summed E-state index contributed by atoms with van der Waals surface area (Å²) in [6.07, 6.45) is 0.936.